The summed E-state index contributed by atoms with van der Waals surface area (Å²) < 4.78 is 6.96. The highest BCUT2D eigenvalue weighted by molar-refractivity contribution is 9.10. The SMILES string of the molecule is CNC(C)c1cccnc1Oc1cc(Br)ccc1C. The predicted molar refractivity (Wildman–Crippen MR) is 80.7 cm³/mol. The van der Waals surface area contributed by atoms with Gasteiger partial charge in [0.2, 0.25) is 5.88 Å². The highest BCUT2D eigenvalue weighted by Crippen LogP contribution is 2.30. The molecule has 0 spiro atoms. The molecule has 0 saturated heterocycles. The Kier molecular flexibility index (Phi) is 4.56. The van der Waals surface area contributed by atoms with Crippen molar-refractivity contribution in [1.82, 2.24) is 10.3 Å². The molecule has 1 atom stereocenters. The van der Waals surface area contributed by atoms with E-state index in [0.717, 1.165) is 21.3 Å². The number of nitrogens with one attached hydrogen (secondary N) is 1. The van der Waals surface area contributed by atoms with Crippen molar-refractivity contribution >= 4 is 15.9 Å². The van der Waals surface area contributed by atoms with E-state index in [2.05, 4.69) is 33.2 Å². The van der Waals surface area contributed by atoms with Gasteiger partial charge in [-0.2, -0.15) is 0 Å². The van der Waals surface area contributed by atoms with Gasteiger partial charge >= 0.3 is 0 Å². The summed E-state index contributed by atoms with van der Waals surface area (Å²) in [6, 6.07) is 10.1. The van der Waals surface area contributed by atoms with Crippen LogP contribution in [0, 0.1) is 6.92 Å². The number of ether oxygens (including phenoxy) is 1. The van der Waals surface area contributed by atoms with Gasteiger partial charge in [0, 0.05) is 22.3 Å². The molecule has 3 nitrogen and oxygen atoms in total. The third-order valence-corrected chi connectivity index (χ3v) is 3.55. The quantitative estimate of drug-likeness (QED) is 0.915. The maximum Gasteiger partial charge on any atom is 0.223 e. The third kappa shape index (κ3) is 3.33. The Balaban J connectivity index is 2.35. The lowest BCUT2D eigenvalue weighted by atomic mass is 10.1. The summed E-state index contributed by atoms with van der Waals surface area (Å²) in [4.78, 5) is 4.34. The highest BCUT2D eigenvalue weighted by Gasteiger charge is 2.12. The average Bonchev–Trinajstić information content (AvgIpc) is 2.42. The summed E-state index contributed by atoms with van der Waals surface area (Å²) in [5.74, 6) is 1.46. The fourth-order valence-corrected chi connectivity index (χ4v) is 2.10. The first kappa shape index (κ1) is 14.0. The number of aryl methyl sites for hydroxylation is 1. The number of hydrogen-bond acceptors (Lipinski definition) is 3. The van der Waals surface area contributed by atoms with Gasteiger partial charge in [-0.05, 0) is 44.7 Å². The third-order valence-electron chi connectivity index (χ3n) is 3.06. The largest absolute Gasteiger partial charge is 0.438 e. The Bertz CT molecular complexity index is 572. The molecule has 0 fully saturated rings. The van der Waals surface area contributed by atoms with Crippen molar-refractivity contribution < 1.29 is 4.74 Å². The molecule has 0 amide bonds. The normalized spacial score (nSPS) is 12.2. The molecular weight excluding hydrogens is 304 g/mol. The first-order valence-electron chi connectivity index (χ1n) is 6.18. The molecule has 1 N–H and O–H groups in total. The van der Waals surface area contributed by atoms with Crippen molar-refractivity contribution in [3.05, 3.63) is 52.1 Å². The molecule has 1 aromatic heterocycles. The van der Waals surface area contributed by atoms with Gasteiger partial charge in [0.15, 0.2) is 0 Å². The standard InChI is InChI=1S/C15H17BrN2O/c1-10-6-7-12(16)9-14(10)19-15-13(11(2)17-3)5-4-8-18-15/h4-9,11,17H,1-3H3. The van der Waals surface area contributed by atoms with Crippen molar-refractivity contribution in [1.29, 1.82) is 0 Å². The topological polar surface area (TPSA) is 34.2 Å². The Morgan fingerprint density at radius 1 is 1.32 bits per heavy atom. The lowest BCUT2D eigenvalue weighted by Gasteiger charge is -2.16. The van der Waals surface area contributed by atoms with Crippen LogP contribution < -0.4 is 10.1 Å². The molecule has 0 aliphatic carbocycles. The Hall–Kier alpha value is -1.39. The molecule has 1 heterocycles. The fraction of sp³-hybridized carbons (Fsp3) is 0.267. The number of rotatable bonds is 4. The molecule has 19 heavy (non-hydrogen) atoms. The van der Waals surface area contributed by atoms with Crippen molar-refractivity contribution in [2.24, 2.45) is 0 Å². The Labute approximate surface area is 122 Å². The van der Waals surface area contributed by atoms with Gasteiger partial charge in [-0.3, -0.25) is 0 Å². The van der Waals surface area contributed by atoms with Gasteiger partial charge in [-0.1, -0.05) is 28.1 Å². The van der Waals surface area contributed by atoms with E-state index < -0.39 is 0 Å². The monoisotopic (exact) mass is 320 g/mol. The lowest BCUT2D eigenvalue weighted by molar-refractivity contribution is 0.443. The molecule has 1 unspecified atom stereocenters. The van der Waals surface area contributed by atoms with Gasteiger partial charge in [0.25, 0.3) is 0 Å². The number of hydrogen-bond donors (Lipinski definition) is 1. The van der Waals surface area contributed by atoms with Crippen LogP contribution in [-0.4, -0.2) is 12.0 Å². The highest BCUT2D eigenvalue weighted by atomic mass is 79.9. The average molecular weight is 321 g/mol. The van der Waals surface area contributed by atoms with Crippen LogP contribution in [0.5, 0.6) is 11.6 Å². The van der Waals surface area contributed by atoms with Crippen LogP contribution in [0.25, 0.3) is 0 Å². The number of aromatic nitrogens is 1. The van der Waals surface area contributed by atoms with Gasteiger partial charge in [0.05, 0.1) is 0 Å². The number of benzene rings is 1. The first-order chi connectivity index (χ1) is 9.11. The molecule has 2 rings (SSSR count). The van der Waals surface area contributed by atoms with E-state index in [9.17, 15) is 0 Å². The first-order valence-corrected chi connectivity index (χ1v) is 6.97. The van der Waals surface area contributed by atoms with Gasteiger partial charge in [0.1, 0.15) is 5.75 Å². The van der Waals surface area contributed by atoms with E-state index in [1.165, 1.54) is 0 Å². The van der Waals surface area contributed by atoms with Gasteiger partial charge < -0.3 is 10.1 Å². The minimum Gasteiger partial charge on any atom is -0.438 e. The van der Waals surface area contributed by atoms with E-state index in [1.54, 1.807) is 6.20 Å². The Morgan fingerprint density at radius 3 is 2.84 bits per heavy atom. The lowest BCUT2D eigenvalue weighted by Crippen LogP contribution is -2.13. The zero-order valence-corrected chi connectivity index (χ0v) is 12.9. The van der Waals surface area contributed by atoms with E-state index in [1.807, 2.05) is 44.3 Å². The zero-order valence-electron chi connectivity index (χ0n) is 11.3. The number of halogens is 1. The second-order valence-electron chi connectivity index (χ2n) is 4.42. The van der Waals surface area contributed by atoms with Gasteiger partial charge in [-0.15, -0.1) is 0 Å². The molecule has 0 aliphatic heterocycles. The van der Waals surface area contributed by atoms with Gasteiger partial charge in [-0.25, -0.2) is 4.98 Å². The molecular formula is C15H17BrN2O. The zero-order chi connectivity index (χ0) is 13.8. The minimum absolute atomic E-state index is 0.191. The van der Waals surface area contributed by atoms with Crippen LogP contribution in [0.2, 0.25) is 0 Å². The maximum atomic E-state index is 5.96. The summed E-state index contributed by atoms with van der Waals surface area (Å²) in [6.07, 6.45) is 1.74. The Morgan fingerprint density at radius 2 is 2.11 bits per heavy atom. The predicted octanol–water partition coefficient (Wildman–Crippen LogP) is 4.23. The second kappa shape index (κ2) is 6.17. The smallest absolute Gasteiger partial charge is 0.223 e. The summed E-state index contributed by atoms with van der Waals surface area (Å²) in [5.41, 5.74) is 2.13. The van der Waals surface area contributed by atoms with Crippen LogP contribution in [0.4, 0.5) is 0 Å². The maximum absolute atomic E-state index is 5.96. The molecule has 2 aromatic rings. The van der Waals surface area contributed by atoms with Crippen molar-refractivity contribution in [2.45, 2.75) is 19.9 Å². The summed E-state index contributed by atoms with van der Waals surface area (Å²) in [5, 5.41) is 3.20. The number of pyridine rings is 1. The van der Waals surface area contributed by atoms with Crippen molar-refractivity contribution in [3.8, 4) is 11.6 Å². The summed E-state index contributed by atoms with van der Waals surface area (Å²) in [6.45, 7) is 4.10. The molecule has 1 aromatic carbocycles. The summed E-state index contributed by atoms with van der Waals surface area (Å²) in [7, 11) is 1.92. The molecule has 0 aliphatic rings. The van der Waals surface area contributed by atoms with Crippen LogP contribution in [0.15, 0.2) is 41.0 Å². The van der Waals surface area contributed by atoms with E-state index in [0.29, 0.717) is 5.88 Å². The van der Waals surface area contributed by atoms with E-state index >= 15 is 0 Å². The molecule has 0 bridgehead atoms. The molecule has 4 heteroatoms. The van der Waals surface area contributed by atoms with E-state index in [-0.39, 0.29) is 6.04 Å². The molecule has 0 radical (unpaired) electrons. The second-order valence-corrected chi connectivity index (χ2v) is 5.34. The molecule has 100 valence electrons. The van der Waals surface area contributed by atoms with Crippen LogP contribution >= 0.6 is 15.9 Å². The van der Waals surface area contributed by atoms with Crippen LogP contribution in [-0.2, 0) is 0 Å². The molecule has 0 saturated carbocycles. The minimum atomic E-state index is 0.191. The van der Waals surface area contributed by atoms with E-state index in [4.69, 9.17) is 4.74 Å². The number of nitrogens with zero attached hydrogens (tertiary/aromatic N) is 1. The fourth-order valence-electron chi connectivity index (χ4n) is 1.76. The van der Waals surface area contributed by atoms with Crippen molar-refractivity contribution in [2.75, 3.05) is 7.05 Å². The summed E-state index contributed by atoms with van der Waals surface area (Å²) >= 11 is 3.46. The van der Waals surface area contributed by atoms with Crippen LogP contribution in [0.1, 0.15) is 24.1 Å². The van der Waals surface area contributed by atoms with Crippen molar-refractivity contribution in [3.63, 3.8) is 0 Å². The van der Waals surface area contributed by atoms with Crippen LogP contribution in [0.3, 0.4) is 0 Å².